The summed E-state index contributed by atoms with van der Waals surface area (Å²) in [5.41, 5.74) is 6.44. The van der Waals surface area contributed by atoms with Crippen molar-refractivity contribution in [3.63, 3.8) is 0 Å². The van der Waals surface area contributed by atoms with Crippen molar-refractivity contribution in [2.75, 3.05) is 18.5 Å². The zero-order valence-electron chi connectivity index (χ0n) is 18.4. The Morgan fingerprint density at radius 1 is 1.09 bits per heavy atom. The zero-order chi connectivity index (χ0) is 21.9. The molecule has 0 amide bonds. The van der Waals surface area contributed by atoms with Crippen molar-refractivity contribution in [1.82, 2.24) is 19.6 Å². The fraction of sp³-hybridized carbons (Fsp3) is 0.320. The molecule has 0 unspecified atom stereocenters. The zero-order valence-corrected chi connectivity index (χ0v) is 18.4. The third kappa shape index (κ3) is 4.29. The van der Waals surface area contributed by atoms with Gasteiger partial charge in [-0.3, -0.25) is 4.98 Å². The van der Waals surface area contributed by atoms with E-state index in [1.807, 2.05) is 35.1 Å². The molecular formula is C25H27N5O2. The average Bonchev–Trinajstić information content (AvgIpc) is 3.25. The van der Waals surface area contributed by atoms with Gasteiger partial charge < -0.3 is 14.8 Å². The van der Waals surface area contributed by atoms with Crippen LogP contribution in [0, 0.1) is 13.8 Å². The summed E-state index contributed by atoms with van der Waals surface area (Å²) in [6.07, 6.45) is 7.35. The maximum atomic E-state index is 6.27. The summed E-state index contributed by atoms with van der Waals surface area (Å²) in [5, 5.41) is 8.13. The lowest BCUT2D eigenvalue weighted by molar-refractivity contribution is 0.0238. The third-order valence-corrected chi connectivity index (χ3v) is 5.92. The molecular weight excluding hydrogens is 402 g/mol. The van der Waals surface area contributed by atoms with E-state index in [1.54, 1.807) is 6.20 Å². The summed E-state index contributed by atoms with van der Waals surface area (Å²) in [7, 11) is 0. The molecule has 164 valence electrons. The number of rotatable bonds is 6. The number of pyridine rings is 1. The number of aromatic nitrogens is 4. The van der Waals surface area contributed by atoms with E-state index < -0.39 is 0 Å². The van der Waals surface area contributed by atoms with Crippen molar-refractivity contribution in [3.05, 3.63) is 71.7 Å². The van der Waals surface area contributed by atoms with Gasteiger partial charge >= 0.3 is 0 Å². The molecule has 0 bridgehead atoms. The number of hydrogen-bond donors (Lipinski definition) is 1. The number of hydrogen-bond acceptors (Lipinski definition) is 6. The number of fused-ring (bicyclic) bond motifs is 1. The van der Waals surface area contributed by atoms with Gasteiger partial charge in [0.25, 0.3) is 0 Å². The highest BCUT2D eigenvalue weighted by Gasteiger charge is 2.19. The van der Waals surface area contributed by atoms with Crippen LogP contribution in [0.4, 0.5) is 5.82 Å². The van der Waals surface area contributed by atoms with E-state index >= 15 is 0 Å². The van der Waals surface area contributed by atoms with Gasteiger partial charge in [0, 0.05) is 43.4 Å². The Morgan fingerprint density at radius 2 is 1.97 bits per heavy atom. The number of benzene rings is 1. The van der Waals surface area contributed by atoms with E-state index in [0.717, 1.165) is 54.2 Å². The molecule has 7 nitrogen and oxygen atoms in total. The lowest BCUT2D eigenvalue weighted by Crippen LogP contribution is -2.26. The number of ether oxygens (including phenoxy) is 2. The summed E-state index contributed by atoms with van der Waals surface area (Å²) in [4.78, 5) is 9.06. The topological polar surface area (TPSA) is 73.6 Å². The second kappa shape index (κ2) is 8.96. The molecule has 4 heterocycles. The standard InChI is InChI=1S/C25H27N5O2/c1-17-5-6-20(12-18(17)2)22-16-28-30-23(27-15-19-4-3-9-26-14-19)13-24(29-25(22)30)32-21-7-10-31-11-8-21/h3-6,9,12-14,16,21,27H,7-8,10-11,15H2,1-2H3. The smallest absolute Gasteiger partial charge is 0.219 e. The molecule has 0 radical (unpaired) electrons. The summed E-state index contributed by atoms with van der Waals surface area (Å²) < 4.78 is 13.6. The molecule has 1 saturated heterocycles. The Kier molecular flexibility index (Phi) is 5.73. The van der Waals surface area contributed by atoms with Crippen LogP contribution in [0.25, 0.3) is 16.8 Å². The van der Waals surface area contributed by atoms with Crippen LogP contribution in [0.2, 0.25) is 0 Å². The molecule has 0 saturated carbocycles. The summed E-state index contributed by atoms with van der Waals surface area (Å²) in [5.74, 6) is 1.43. The van der Waals surface area contributed by atoms with Crippen LogP contribution < -0.4 is 10.1 Å². The Balaban J connectivity index is 1.53. The lowest BCUT2D eigenvalue weighted by Gasteiger charge is -2.23. The highest BCUT2D eigenvalue weighted by Crippen LogP contribution is 2.30. The first kappa shape index (κ1) is 20.5. The second-order valence-corrected chi connectivity index (χ2v) is 8.22. The van der Waals surface area contributed by atoms with E-state index in [-0.39, 0.29) is 6.10 Å². The van der Waals surface area contributed by atoms with E-state index in [9.17, 15) is 0 Å². The van der Waals surface area contributed by atoms with Crippen LogP contribution in [0.5, 0.6) is 5.88 Å². The normalized spacial score (nSPS) is 14.6. The fourth-order valence-corrected chi connectivity index (χ4v) is 3.90. The van der Waals surface area contributed by atoms with Gasteiger partial charge in [-0.25, -0.2) is 0 Å². The number of aryl methyl sites for hydroxylation is 2. The third-order valence-electron chi connectivity index (χ3n) is 5.92. The van der Waals surface area contributed by atoms with Gasteiger partial charge in [-0.15, -0.1) is 0 Å². The second-order valence-electron chi connectivity index (χ2n) is 8.22. The summed E-state index contributed by atoms with van der Waals surface area (Å²) >= 11 is 0. The van der Waals surface area contributed by atoms with Crippen LogP contribution in [0.1, 0.15) is 29.5 Å². The highest BCUT2D eigenvalue weighted by molar-refractivity contribution is 5.79. The van der Waals surface area contributed by atoms with Crippen LogP contribution >= 0.6 is 0 Å². The van der Waals surface area contributed by atoms with Gasteiger partial charge in [-0.2, -0.15) is 14.6 Å². The molecule has 1 aromatic carbocycles. The quantitative estimate of drug-likeness (QED) is 0.484. The summed E-state index contributed by atoms with van der Waals surface area (Å²) in [6, 6.07) is 12.3. The van der Waals surface area contributed by atoms with E-state index in [2.05, 4.69) is 47.4 Å². The van der Waals surface area contributed by atoms with Crippen molar-refractivity contribution < 1.29 is 9.47 Å². The predicted octanol–water partition coefficient (Wildman–Crippen LogP) is 4.58. The molecule has 1 fully saturated rings. The van der Waals surface area contributed by atoms with Crippen LogP contribution in [-0.4, -0.2) is 38.9 Å². The van der Waals surface area contributed by atoms with Crippen LogP contribution in [0.3, 0.4) is 0 Å². The molecule has 5 rings (SSSR count). The van der Waals surface area contributed by atoms with Gasteiger partial charge in [-0.05, 0) is 42.2 Å². The highest BCUT2D eigenvalue weighted by atomic mass is 16.5. The average molecular weight is 430 g/mol. The molecule has 1 aliphatic heterocycles. The largest absolute Gasteiger partial charge is 0.474 e. The molecule has 3 aromatic heterocycles. The first-order valence-electron chi connectivity index (χ1n) is 11.0. The molecule has 0 aliphatic carbocycles. The molecule has 32 heavy (non-hydrogen) atoms. The Labute approximate surface area is 187 Å². The Bertz CT molecular complexity index is 1220. The Hall–Kier alpha value is -3.45. The first-order valence-corrected chi connectivity index (χ1v) is 11.0. The van der Waals surface area contributed by atoms with Crippen molar-refractivity contribution in [2.24, 2.45) is 0 Å². The van der Waals surface area contributed by atoms with Gasteiger partial charge in [0.1, 0.15) is 11.9 Å². The predicted molar refractivity (Wildman–Crippen MR) is 124 cm³/mol. The SMILES string of the molecule is Cc1ccc(-c2cnn3c(NCc4cccnc4)cc(OC4CCOCC4)nc23)cc1C. The molecule has 7 heteroatoms. The van der Waals surface area contributed by atoms with Crippen LogP contribution in [-0.2, 0) is 11.3 Å². The van der Waals surface area contributed by atoms with E-state index in [1.165, 1.54) is 11.1 Å². The summed E-state index contributed by atoms with van der Waals surface area (Å²) in [6.45, 7) is 6.31. The Morgan fingerprint density at radius 3 is 2.75 bits per heavy atom. The first-order chi connectivity index (χ1) is 15.7. The van der Waals surface area contributed by atoms with Crippen molar-refractivity contribution in [3.8, 4) is 17.0 Å². The number of nitrogens with one attached hydrogen (secondary N) is 1. The van der Waals surface area contributed by atoms with Gasteiger partial charge in [0.05, 0.1) is 19.4 Å². The number of nitrogens with zero attached hydrogens (tertiary/aromatic N) is 4. The molecule has 1 aliphatic rings. The fourth-order valence-electron chi connectivity index (χ4n) is 3.90. The number of anilines is 1. The molecule has 1 N–H and O–H groups in total. The minimum absolute atomic E-state index is 0.109. The van der Waals surface area contributed by atoms with Gasteiger partial charge in [0.2, 0.25) is 5.88 Å². The van der Waals surface area contributed by atoms with Crippen molar-refractivity contribution in [2.45, 2.75) is 39.3 Å². The maximum absolute atomic E-state index is 6.27. The van der Waals surface area contributed by atoms with E-state index in [4.69, 9.17) is 14.5 Å². The minimum Gasteiger partial charge on any atom is -0.474 e. The molecule has 0 spiro atoms. The van der Waals surface area contributed by atoms with Crippen molar-refractivity contribution >= 4 is 11.5 Å². The minimum atomic E-state index is 0.109. The van der Waals surface area contributed by atoms with Gasteiger partial charge in [-0.1, -0.05) is 24.3 Å². The molecule has 4 aromatic rings. The van der Waals surface area contributed by atoms with E-state index in [0.29, 0.717) is 12.4 Å². The van der Waals surface area contributed by atoms with Gasteiger partial charge in [0.15, 0.2) is 5.65 Å². The monoisotopic (exact) mass is 429 g/mol. The molecule has 0 atom stereocenters. The lowest BCUT2D eigenvalue weighted by atomic mass is 10.0. The van der Waals surface area contributed by atoms with Crippen molar-refractivity contribution in [1.29, 1.82) is 0 Å². The van der Waals surface area contributed by atoms with Crippen LogP contribution in [0.15, 0.2) is 55.0 Å². The maximum Gasteiger partial charge on any atom is 0.219 e.